The molecule has 106 valence electrons. The molecule has 3 N–H and O–H groups in total. The fourth-order valence-corrected chi connectivity index (χ4v) is 4.40. The number of nitrogens with two attached hydrogens (primary N) is 1. The van der Waals surface area contributed by atoms with Crippen LogP contribution >= 0.6 is 22.7 Å². The number of imidazole rings is 1. The maximum Gasteiger partial charge on any atom is 0.260 e. The Kier molecular flexibility index (Phi) is 3.46. The Morgan fingerprint density at radius 1 is 1.45 bits per heavy atom. The minimum absolute atomic E-state index is 0.00738. The van der Waals surface area contributed by atoms with Crippen molar-refractivity contribution in [2.75, 3.05) is 12.3 Å². The molecule has 0 fully saturated rings. The van der Waals surface area contributed by atoms with Crippen LogP contribution in [0, 0.1) is 0 Å². The third-order valence-corrected chi connectivity index (χ3v) is 5.55. The number of aromatic nitrogens is 3. The molecular weight excluding hydrogens is 318 g/mol. The van der Waals surface area contributed by atoms with Gasteiger partial charge in [0.15, 0.2) is 15.8 Å². The summed E-state index contributed by atoms with van der Waals surface area (Å²) in [6.45, 7) is 0.267. The predicted molar refractivity (Wildman–Crippen MR) is 78.5 cm³/mol. The molecule has 20 heavy (non-hydrogen) atoms. The van der Waals surface area contributed by atoms with Crippen LogP contribution in [0.25, 0.3) is 4.96 Å². The third kappa shape index (κ3) is 2.42. The van der Waals surface area contributed by atoms with Gasteiger partial charge in [0.1, 0.15) is 0 Å². The van der Waals surface area contributed by atoms with Crippen LogP contribution in [0.1, 0.15) is 5.69 Å². The molecule has 0 bridgehead atoms. The van der Waals surface area contributed by atoms with E-state index in [-0.39, 0.29) is 17.4 Å². The molecule has 0 saturated carbocycles. The van der Waals surface area contributed by atoms with Crippen LogP contribution in [-0.4, -0.2) is 29.3 Å². The Labute approximate surface area is 123 Å². The van der Waals surface area contributed by atoms with Gasteiger partial charge in [-0.1, -0.05) is 0 Å². The zero-order valence-electron chi connectivity index (χ0n) is 10.2. The maximum atomic E-state index is 12.3. The first-order valence-corrected chi connectivity index (χ1v) is 8.96. The monoisotopic (exact) mass is 329 g/mol. The maximum absolute atomic E-state index is 12.3. The molecule has 0 aliphatic heterocycles. The second-order valence-electron chi connectivity index (χ2n) is 3.99. The van der Waals surface area contributed by atoms with Crippen molar-refractivity contribution in [3.63, 3.8) is 0 Å². The van der Waals surface area contributed by atoms with Crippen LogP contribution in [0.3, 0.4) is 0 Å². The Morgan fingerprint density at radius 3 is 3.05 bits per heavy atom. The summed E-state index contributed by atoms with van der Waals surface area (Å²) in [7, 11) is -3.69. The normalized spacial score (nSPS) is 12.2. The van der Waals surface area contributed by atoms with Crippen LogP contribution in [0.5, 0.6) is 0 Å². The summed E-state index contributed by atoms with van der Waals surface area (Å²) in [6.07, 6.45) is 2.17. The summed E-state index contributed by atoms with van der Waals surface area (Å²) < 4.78 is 28.6. The van der Waals surface area contributed by atoms with Crippen molar-refractivity contribution in [1.29, 1.82) is 0 Å². The van der Waals surface area contributed by atoms with Crippen LogP contribution in [0.4, 0.5) is 5.82 Å². The van der Waals surface area contributed by atoms with Crippen molar-refractivity contribution in [2.24, 2.45) is 0 Å². The quantitative estimate of drug-likeness (QED) is 0.726. The first-order valence-electron chi connectivity index (χ1n) is 5.66. The summed E-state index contributed by atoms with van der Waals surface area (Å²) in [6, 6.07) is 0. The Hall–Kier alpha value is -1.49. The fraction of sp³-hybridized carbons (Fsp3) is 0.200. The molecule has 7 nitrogen and oxygen atoms in total. The second kappa shape index (κ2) is 5.13. The first-order chi connectivity index (χ1) is 9.58. The largest absolute Gasteiger partial charge is 0.381 e. The van der Waals surface area contributed by atoms with Crippen molar-refractivity contribution < 1.29 is 8.42 Å². The van der Waals surface area contributed by atoms with E-state index in [4.69, 9.17) is 5.73 Å². The van der Waals surface area contributed by atoms with Crippen molar-refractivity contribution in [3.8, 4) is 0 Å². The molecular formula is C10H11N5O2S3. The first kappa shape index (κ1) is 13.5. The van der Waals surface area contributed by atoms with E-state index in [1.54, 1.807) is 17.1 Å². The molecule has 0 saturated heterocycles. The van der Waals surface area contributed by atoms with Gasteiger partial charge in [0.2, 0.25) is 0 Å². The number of hydrogen-bond acceptors (Lipinski definition) is 7. The van der Waals surface area contributed by atoms with Gasteiger partial charge in [-0.2, -0.15) is 0 Å². The van der Waals surface area contributed by atoms with Gasteiger partial charge in [0.05, 0.1) is 11.2 Å². The smallest absolute Gasteiger partial charge is 0.260 e. The topological polar surface area (TPSA) is 102 Å². The lowest BCUT2D eigenvalue weighted by Crippen LogP contribution is -2.27. The third-order valence-electron chi connectivity index (χ3n) is 2.65. The second-order valence-corrected chi connectivity index (χ2v) is 7.26. The Bertz CT molecular complexity index is 818. The molecule has 0 atom stereocenters. The number of thiazole rings is 2. The van der Waals surface area contributed by atoms with Crippen LogP contribution < -0.4 is 10.5 Å². The minimum atomic E-state index is -3.69. The number of sulfonamides is 1. The lowest BCUT2D eigenvalue weighted by molar-refractivity contribution is 0.577. The van der Waals surface area contributed by atoms with E-state index in [9.17, 15) is 8.42 Å². The fourth-order valence-electron chi connectivity index (χ4n) is 1.79. The van der Waals surface area contributed by atoms with E-state index in [0.29, 0.717) is 11.4 Å². The molecule has 3 aromatic rings. The van der Waals surface area contributed by atoms with E-state index >= 15 is 0 Å². The number of anilines is 1. The molecule has 0 unspecified atom stereocenters. The number of nitrogens with one attached hydrogen (secondary N) is 1. The van der Waals surface area contributed by atoms with Gasteiger partial charge < -0.3 is 5.73 Å². The summed E-state index contributed by atoms with van der Waals surface area (Å²) in [4.78, 5) is 8.69. The average molecular weight is 329 g/mol. The van der Waals surface area contributed by atoms with Gasteiger partial charge in [-0.15, -0.1) is 22.7 Å². The van der Waals surface area contributed by atoms with Gasteiger partial charge in [-0.25, -0.2) is 23.1 Å². The van der Waals surface area contributed by atoms with E-state index in [2.05, 4.69) is 14.7 Å². The standard InChI is InChI=1S/C10H11N5O2S3/c11-8-9(15-3-4-19-10(15)14-8)20(16,17)13-2-1-7-5-18-6-12-7/h3-6,13H,1-2,11H2. The van der Waals surface area contributed by atoms with E-state index in [0.717, 1.165) is 5.69 Å². The molecule has 0 aromatic carbocycles. The highest BCUT2D eigenvalue weighted by Gasteiger charge is 2.24. The number of rotatable bonds is 5. The number of fused-ring (bicyclic) bond motifs is 1. The van der Waals surface area contributed by atoms with Gasteiger partial charge in [-0.3, -0.25) is 4.40 Å². The van der Waals surface area contributed by atoms with E-state index in [1.165, 1.54) is 27.1 Å². The van der Waals surface area contributed by atoms with E-state index < -0.39 is 10.0 Å². The van der Waals surface area contributed by atoms with Crippen molar-refractivity contribution in [2.45, 2.75) is 11.4 Å². The molecule has 3 aromatic heterocycles. The Balaban J connectivity index is 1.81. The number of hydrogen-bond donors (Lipinski definition) is 2. The van der Waals surface area contributed by atoms with Gasteiger partial charge in [0, 0.05) is 29.9 Å². The lowest BCUT2D eigenvalue weighted by Gasteiger charge is -2.05. The highest BCUT2D eigenvalue weighted by atomic mass is 32.2. The van der Waals surface area contributed by atoms with Crippen LogP contribution in [0.2, 0.25) is 0 Å². The molecule has 0 aliphatic rings. The van der Waals surface area contributed by atoms with Gasteiger partial charge >= 0.3 is 0 Å². The summed E-state index contributed by atoms with van der Waals surface area (Å²) in [5, 5.41) is 3.64. The molecule has 0 spiro atoms. The lowest BCUT2D eigenvalue weighted by atomic mass is 10.3. The molecule has 0 radical (unpaired) electrons. The van der Waals surface area contributed by atoms with Crippen molar-refractivity contribution in [3.05, 3.63) is 28.2 Å². The molecule has 3 heterocycles. The highest BCUT2D eigenvalue weighted by Crippen LogP contribution is 2.22. The highest BCUT2D eigenvalue weighted by molar-refractivity contribution is 7.89. The molecule has 0 aliphatic carbocycles. The number of nitrogens with zero attached hydrogens (tertiary/aromatic N) is 3. The van der Waals surface area contributed by atoms with E-state index in [1.807, 2.05) is 5.38 Å². The summed E-state index contributed by atoms with van der Waals surface area (Å²) >= 11 is 2.81. The average Bonchev–Trinajstić information content (AvgIpc) is 3.04. The molecule has 0 amide bonds. The van der Waals surface area contributed by atoms with Gasteiger partial charge in [0.25, 0.3) is 10.0 Å². The van der Waals surface area contributed by atoms with Crippen LogP contribution in [-0.2, 0) is 16.4 Å². The minimum Gasteiger partial charge on any atom is -0.381 e. The SMILES string of the molecule is Nc1nc2sccn2c1S(=O)(=O)NCCc1cscn1. The summed E-state index contributed by atoms with van der Waals surface area (Å²) in [5.74, 6) is 0.0120. The van der Waals surface area contributed by atoms with Crippen molar-refractivity contribution in [1.82, 2.24) is 19.1 Å². The zero-order valence-corrected chi connectivity index (χ0v) is 12.6. The molecule has 10 heteroatoms. The number of nitrogen functional groups attached to an aromatic ring is 1. The summed E-state index contributed by atoms with van der Waals surface area (Å²) in [5.41, 5.74) is 8.27. The van der Waals surface area contributed by atoms with Crippen molar-refractivity contribution >= 4 is 43.5 Å². The van der Waals surface area contributed by atoms with Crippen LogP contribution in [0.15, 0.2) is 27.5 Å². The Morgan fingerprint density at radius 2 is 2.30 bits per heavy atom. The zero-order chi connectivity index (χ0) is 14.2. The molecule has 3 rings (SSSR count). The predicted octanol–water partition coefficient (Wildman–Crippen LogP) is 0.955. The van der Waals surface area contributed by atoms with Gasteiger partial charge in [-0.05, 0) is 0 Å².